The summed E-state index contributed by atoms with van der Waals surface area (Å²) < 4.78 is 7.37. The van der Waals surface area contributed by atoms with Gasteiger partial charge in [-0.1, -0.05) is 44.2 Å². The number of ether oxygens (including phenoxy) is 1. The molecule has 6 heterocycles. The van der Waals surface area contributed by atoms with Gasteiger partial charge in [-0.25, -0.2) is 15.0 Å². The highest BCUT2D eigenvalue weighted by Gasteiger charge is 2.38. The second-order valence-corrected chi connectivity index (χ2v) is 10.6. The number of hydrogen-bond acceptors (Lipinski definition) is 6. The largest absolute Gasteiger partial charge is 0.481 e. The van der Waals surface area contributed by atoms with Crippen molar-refractivity contribution in [2.75, 3.05) is 20.2 Å². The normalized spacial score (nSPS) is 19.7. The number of aromatic nitrogens is 4. The van der Waals surface area contributed by atoms with Gasteiger partial charge < -0.3 is 9.64 Å². The third-order valence-corrected chi connectivity index (χ3v) is 8.06. The minimum atomic E-state index is -0.0127. The van der Waals surface area contributed by atoms with E-state index in [0.717, 1.165) is 55.8 Å². The molecule has 2 unspecified atom stereocenters. The third-order valence-electron chi connectivity index (χ3n) is 8.06. The fourth-order valence-corrected chi connectivity index (χ4v) is 5.92. The molecular formula is C30H34N6O2. The standard InChI is InChI=1S/C30H34N6O2/c1-20(2)21-8-10-22(11-9-21)28-26(36-16-5-15-31-30(36)33-28)19-34-18-24-13-12-23(34)14-17-35(24)29(37)25-6-4-7-27(32-25)38-3/h4-11,15-16,20,23-24H,12-14,17-19H2,1-3H3. The number of amides is 1. The fraction of sp³-hybridized carbons (Fsp3) is 0.400. The van der Waals surface area contributed by atoms with Crippen molar-refractivity contribution in [1.29, 1.82) is 0 Å². The first-order valence-corrected chi connectivity index (χ1v) is 13.5. The molecule has 2 bridgehead atoms. The number of methoxy groups -OCH3 is 1. The van der Waals surface area contributed by atoms with Gasteiger partial charge in [-0.05, 0) is 42.9 Å². The molecule has 8 heteroatoms. The van der Waals surface area contributed by atoms with Gasteiger partial charge >= 0.3 is 0 Å². The van der Waals surface area contributed by atoms with Crippen LogP contribution in [-0.4, -0.2) is 67.3 Å². The number of piperidine rings is 1. The van der Waals surface area contributed by atoms with Crippen LogP contribution in [0.5, 0.6) is 5.88 Å². The van der Waals surface area contributed by atoms with E-state index in [0.29, 0.717) is 29.3 Å². The maximum absolute atomic E-state index is 13.5. The molecule has 8 nitrogen and oxygen atoms in total. The number of carbonyl (C=O) groups is 1. The molecule has 3 saturated heterocycles. The van der Waals surface area contributed by atoms with Crippen molar-refractivity contribution in [2.45, 2.75) is 57.7 Å². The lowest BCUT2D eigenvalue weighted by Crippen LogP contribution is -2.48. The Morgan fingerprint density at radius 1 is 1.03 bits per heavy atom. The molecule has 3 fully saturated rings. The average molecular weight is 511 g/mol. The molecule has 3 aromatic heterocycles. The summed E-state index contributed by atoms with van der Waals surface area (Å²) in [6.45, 7) is 6.75. The number of hydrogen-bond donors (Lipinski definition) is 0. The Labute approximate surface area is 223 Å². The highest BCUT2D eigenvalue weighted by Crippen LogP contribution is 2.33. The molecular weight excluding hydrogens is 476 g/mol. The number of nitrogens with zero attached hydrogens (tertiary/aromatic N) is 6. The summed E-state index contributed by atoms with van der Waals surface area (Å²) in [6.07, 6.45) is 6.88. The van der Waals surface area contributed by atoms with E-state index in [1.54, 1.807) is 25.4 Å². The van der Waals surface area contributed by atoms with Crippen LogP contribution in [-0.2, 0) is 6.54 Å². The molecule has 0 spiro atoms. The molecule has 1 aromatic carbocycles. The summed E-state index contributed by atoms with van der Waals surface area (Å²) in [5.41, 5.74) is 4.99. The SMILES string of the molecule is COc1cccc(C(=O)N2CCC3CCC2CN3Cc2c(-c3ccc(C(C)C)cc3)nc3ncccn23)n1. The molecule has 38 heavy (non-hydrogen) atoms. The number of fused-ring (bicyclic) bond motifs is 5. The molecule has 1 amide bonds. The zero-order chi connectivity index (χ0) is 26.2. The Morgan fingerprint density at radius 2 is 1.84 bits per heavy atom. The van der Waals surface area contributed by atoms with Gasteiger partial charge in [-0.3, -0.25) is 14.1 Å². The highest BCUT2D eigenvalue weighted by atomic mass is 16.5. The minimum absolute atomic E-state index is 0.0127. The smallest absolute Gasteiger partial charge is 0.272 e. The van der Waals surface area contributed by atoms with Crippen LogP contribution < -0.4 is 4.74 Å². The monoisotopic (exact) mass is 510 g/mol. The first-order chi connectivity index (χ1) is 18.5. The minimum Gasteiger partial charge on any atom is -0.481 e. The van der Waals surface area contributed by atoms with Crippen LogP contribution in [0.2, 0.25) is 0 Å². The first kappa shape index (κ1) is 24.6. The topological polar surface area (TPSA) is 75.9 Å². The summed E-state index contributed by atoms with van der Waals surface area (Å²) in [7, 11) is 1.57. The Balaban J connectivity index is 1.29. The van der Waals surface area contributed by atoms with E-state index in [1.807, 2.05) is 17.0 Å². The van der Waals surface area contributed by atoms with Crippen molar-refractivity contribution in [1.82, 2.24) is 29.2 Å². The van der Waals surface area contributed by atoms with Crippen molar-refractivity contribution in [2.24, 2.45) is 0 Å². The zero-order valence-corrected chi connectivity index (χ0v) is 22.2. The third kappa shape index (κ3) is 4.53. The molecule has 3 aliphatic rings. The molecule has 196 valence electrons. The Morgan fingerprint density at radius 3 is 2.63 bits per heavy atom. The molecule has 4 aromatic rings. The van der Waals surface area contributed by atoms with E-state index in [-0.39, 0.29) is 11.9 Å². The second kappa shape index (κ2) is 10.2. The number of carbonyl (C=O) groups excluding carboxylic acids is 1. The Hall–Kier alpha value is -3.78. The van der Waals surface area contributed by atoms with Crippen molar-refractivity contribution >= 4 is 11.7 Å². The van der Waals surface area contributed by atoms with E-state index in [2.05, 4.69) is 63.6 Å². The predicted molar refractivity (Wildman–Crippen MR) is 146 cm³/mol. The summed E-state index contributed by atoms with van der Waals surface area (Å²) in [6, 6.07) is 16.7. The maximum atomic E-state index is 13.5. The number of benzene rings is 1. The van der Waals surface area contributed by atoms with Crippen molar-refractivity contribution < 1.29 is 9.53 Å². The van der Waals surface area contributed by atoms with Crippen LogP contribution in [0.1, 0.15) is 60.8 Å². The Kier molecular flexibility index (Phi) is 6.57. The molecule has 0 radical (unpaired) electrons. The van der Waals surface area contributed by atoms with E-state index in [1.165, 1.54) is 5.56 Å². The summed E-state index contributed by atoms with van der Waals surface area (Å²) in [5, 5.41) is 0. The van der Waals surface area contributed by atoms with Crippen molar-refractivity contribution in [3.05, 3.63) is 77.9 Å². The van der Waals surface area contributed by atoms with Gasteiger partial charge in [0.25, 0.3) is 5.91 Å². The lowest BCUT2D eigenvalue weighted by atomic mass is 9.97. The van der Waals surface area contributed by atoms with Crippen molar-refractivity contribution in [3.63, 3.8) is 0 Å². The van der Waals surface area contributed by atoms with E-state index in [4.69, 9.17) is 9.72 Å². The van der Waals surface area contributed by atoms with Gasteiger partial charge in [-0.2, -0.15) is 0 Å². The van der Waals surface area contributed by atoms with Gasteiger partial charge in [-0.15, -0.1) is 0 Å². The van der Waals surface area contributed by atoms with E-state index < -0.39 is 0 Å². The average Bonchev–Trinajstić information content (AvgIpc) is 3.07. The Bertz CT molecular complexity index is 1450. The van der Waals surface area contributed by atoms with Gasteiger partial charge in [0.2, 0.25) is 11.7 Å². The second-order valence-electron chi connectivity index (χ2n) is 10.6. The number of pyridine rings is 1. The van der Waals surface area contributed by atoms with Gasteiger partial charge in [0, 0.05) is 55.7 Å². The van der Waals surface area contributed by atoms with Crippen molar-refractivity contribution in [3.8, 4) is 17.1 Å². The highest BCUT2D eigenvalue weighted by molar-refractivity contribution is 5.92. The van der Waals surface area contributed by atoms with Crippen LogP contribution >= 0.6 is 0 Å². The summed E-state index contributed by atoms with van der Waals surface area (Å²) in [4.78, 5) is 32.0. The lowest BCUT2D eigenvalue weighted by molar-refractivity contribution is 0.0597. The molecule has 7 rings (SSSR count). The molecule has 0 N–H and O–H groups in total. The molecule has 3 aliphatic heterocycles. The molecule has 2 atom stereocenters. The van der Waals surface area contributed by atoms with Crippen LogP contribution in [0.4, 0.5) is 0 Å². The quantitative estimate of drug-likeness (QED) is 0.371. The molecule has 0 aliphatic carbocycles. The maximum Gasteiger partial charge on any atom is 0.272 e. The van der Waals surface area contributed by atoms with E-state index in [9.17, 15) is 4.79 Å². The summed E-state index contributed by atoms with van der Waals surface area (Å²) in [5.74, 6) is 1.65. The van der Waals surface area contributed by atoms with Crippen LogP contribution in [0.15, 0.2) is 60.9 Å². The van der Waals surface area contributed by atoms with Crippen LogP contribution in [0, 0.1) is 0 Å². The first-order valence-electron chi connectivity index (χ1n) is 13.5. The molecule has 0 saturated carbocycles. The zero-order valence-electron chi connectivity index (χ0n) is 22.2. The predicted octanol–water partition coefficient (Wildman–Crippen LogP) is 4.80. The van der Waals surface area contributed by atoms with Crippen LogP contribution in [0.3, 0.4) is 0 Å². The number of rotatable bonds is 6. The lowest BCUT2D eigenvalue weighted by Gasteiger charge is -2.38. The van der Waals surface area contributed by atoms with Gasteiger partial charge in [0.05, 0.1) is 18.5 Å². The van der Waals surface area contributed by atoms with E-state index >= 15 is 0 Å². The summed E-state index contributed by atoms with van der Waals surface area (Å²) >= 11 is 0. The van der Waals surface area contributed by atoms with Gasteiger partial charge in [0.15, 0.2) is 0 Å². The number of imidazole rings is 1. The fourth-order valence-electron chi connectivity index (χ4n) is 5.92. The van der Waals surface area contributed by atoms with Gasteiger partial charge in [0.1, 0.15) is 5.69 Å². The van der Waals surface area contributed by atoms with Crippen LogP contribution in [0.25, 0.3) is 17.0 Å².